The molecule has 0 fully saturated rings. The van der Waals surface area contributed by atoms with Crippen LogP contribution in [0.3, 0.4) is 0 Å². The molecular formula is C27H33I3N6O3. The van der Waals surface area contributed by atoms with Crippen molar-refractivity contribution in [1.29, 1.82) is 0 Å². The van der Waals surface area contributed by atoms with Gasteiger partial charge in [0.2, 0.25) is 0 Å². The lowest BCUT2D eigenvalue weighted by atomic mass is 9.86. The summed E-state index contributed by atoms with van der Waals surface area (Å²) >= 11 is 6.71. The van der Waals surface area contributed by atoms with Crippen LogP contribution in [0.15, 0.2) is 0 Å². The molecule has 0 saturated carbocycles. The van der Waals surface area contributed by atoms with Gasteiger partial charge in [-0.05, 0) is 146 Å². The minimum absolute atomic E-state index is 0.212. The Morgan fingerprint density at radius 2 is 0.821 bits per heavy atom. The number of hydrogen-bond donors (Lipinski definition) is 3. The van der Waals surface area contributed by atoms with Crippen molar-refractivity contribution in [1.82, 2.24) is 30.6 Å². The second-order valence-electron chi connectivity index (χ2n) is 10.6. The van der Waals surface area contributed by atoms with Crippen LogP contribution in [-0.2, 0) is 52.9 Å². The first-order valence-corrected chi connectivity index (χ1v) is 16.4. The highest BCUT2D eigenvalue weighted by Gasteiger charge is 2.27. The summed E-state index contributed by atoms with van der Waals surface area (Å²) in [5.74, 6) is 1.54. The number of halogens is 3. The first-order chi connectivity index (χ1) is 18.5. The van der Waals surface area contributed by atoms with Gasteiger partial charge in [0.1, 0.15) is 28.5 Å². The van der Waals surface area contributed by atoms with Crippen LogP contribution >= 0.6 is 67.8 Å². The van der Waals surface area contributed by atoms with Crippen molar-refractivity contribution in [2.45, 2.75) is 78.6 Å². The molecule has 3 N–H and O–H groups in total. The van der Waals surface area contributed by atoms with E-state index in [4.69, 9.17) is 0 Å². The third kappa shape index (κ3) is 7.57. The zero-order valence-corrected chi connectivity index (χ0v) is 28.8. The fourth-order valence-electron chi connectivity index (χ4n) is 5.44. The molecule has 6 rings (SSSR count). The third-order valence-corrected chi connectivity index (χ3v) is 10.7. The molecule has 3 aromatic rings. The molecule has 0 saturated heterocycles. The number of aromatic amines is 3. The fraction of sp³-hybridized carbons (Fsp3) is 0.556. The monoisotopic (exact) mass is 870 g/mol. The third-order valence-electron chi connectivity index (χ3n) is 8.01. The number of nitrogens with one attached hydrogen (secondary N) is 3. The van der Waals surface area contributed by atoms with Crippen LogP contribution in [0.25, 0.3) is 0 Å². The fourth-order valence-corrected chi connectivity index (χ4v) is 7.59. The Bertz CT molecular complexity index is 1200. The van der Waals surface area contributed by atoms with Gasteiger partial charge in [0, 0.05) is 51.5 Å². The Morgan fingerprint density at radius 1 is 0.564 bits per heavy atom. The van der Waals surface area contributed by atoms with Crippen LogP contribution < -0.4 is 0 Å². The highest BCUT2D eigenvalue weighted by atomic mass is 127. The molecule has 39 heavy (non-hydrogen) atoms. The van der Waals surface area contributed by atoms with E-state index in [0.29, 0.717) is 17.3 Å². The van der Waals surface area contributed by atoms with Crippen molar-refractivity contribution in [2.24, 2.45) is 17.8 Å². The van der Waals surface area contributed by atoms with Crippen LogP contribution in [0.4, 0.5) is 0 Å². The first kappa shape index (κ1) is 30.8. The summed E-state index contributed by atoms with van der Waals surface area (Å²) < 4.78 is 3.19. The summed E-state index contributed by atoms with van der Waals surface area (Å²) in [7, 11) is 0. The summed E-state index contributed by atoms with van der Waals surface area (Å²) in [6, 6.07) is 0. The van der Waals surface area contributed by atoms with Gasteiger partial charge in [-0.2, -0.15) is 15.3 Å². The molecule has 0 bridgehead atoms. The van der Waals surface area contributed by atoms with Crippen molar-refractivity contribution < 1.29 is 14.4 Å². The van der Waals surface area contributed by atoms with E-state index in [-0.39, 0.29) is 17.8 Å². The molecule has 1 unspecified atom stereocenters. The Hall–Kier alpha value is -1.17. The molecule has 9 nitrogen and oxygen atoms in total. The SMILES string of the molecule is CC(=O)C1CCc2c(I)n[nH]c2C1.CC(=O)[C@@H]1CCc2c(I)n[nH]c2C1.CC(=O)[C@H]1CCc2c(I)n[nH]c2C1. The lowest BCUT2D eigenvalue weighted by Gasteiger charge is -2.18. The summed E-state index contributed by atoms with van der Waals surface area (Å²) in [6.07, 6.45) is 8.48. The second kappa shape index (κ2) is 13.7. The minimum Gasteiger partial charge on any atom is -0.300 e. The van der Waals surface area contributed by atoms with Crippen LogP contribution in [-0.4, -0.2) is 47.9 Å². The highest BCUT2D eigenvalue weighted by molar-refractivity contribution is 14.1. The van der Waals surface area contributed by atoms with Crippen LogP contribution in [0.2, 0.25) is 0 Å². The van der Waals surface area contributed by atoms with E-state index in [1.165, 1.54) is 16.7 Å². The standard InChI is InChI=1S/3C9H11IN2O/c3*1-5(13)6-2-3-7-8(4-6)11-12-9(7)10/h3*6H,2-4H2,1H3,(H,11,12)/t2*6-;/m10./s1. The second-order valence-corrected chi connectivity index (χ2v) is 13.6. The number of hydrogen-bond acceptors (Lipinski definition) is 6. The molecule has 0 amide bonds. The van der Waals surface area contributed by atoms with Crippen molar-refractivity contribution in [2.75, 3.05) is 0 Å². The zero-order valence-electron chi connectivity index (χ0n) is 22.3. The number of rotatable bonds is 3. The summed E-state index contributed by atoms with van der Waals surface area (Å²) in [5, 5.41) is 21.4. The van der Waals surface area contributed by atoms with Crippen molar-refractivity contribution in [3.8, 4) is 0 Å². The molecule has 0 aromatic carbocycles. The molecule has 0 spiro atoms. The van der Waals surface area contributed by atoms with E-state index >= 15 is 0 Å². The van der Waals surface area contributed by atoms with Crippen molar-refractivity contribution >= 4 is 85.1 Å². The molecule has 0 radical (unpaired) electrons. The summed E-state index contributed by atoms with van der Waals surface area (Å²) in [5.41, 5.74) is 7.44. The van der Waals surface area contributed by atoms with Gasteiger partial charge in [-0.15, -0.1) is 0 Å². The molecular weight excluding hydrogens is 837 g/mol. The number of H-pyrrole nitrogens is 3. The number of Topliss-reactive ketones (excluding diaryl/α,β-unsaturated/α-hetero) is 3. The molecule has 3 aliphatic rings. The Kier molecular flexibility index (Phi) is 10.8. The van der Waals surface area contributed by atoms with Crippen LogP contribution in [0.5, 0.6) is 0 Å². The molecule has 210 valence electrons. The summed E-state index contributed by atoms with van der Waals surface area (Å²) in [4.78, 5) is 33.5. The van der Waals surface area contributed by atoms with Crippen molar-refractivity contribution in [3.63, 3.8) is 0 Å². The maximum Gasteiger partial charge on any atom is 0.133 e. The first-order valence-electron chi connectivity index (χ1n) is 13.2. The van der Waals surface area contributed by atoms with Gasteiger partial charge in [-0.25, -0.2) is 0 Å². The van der Waals surface area contributed by atoms with Crippen LogP contribution in [0.1, 0.15) is 73.8 Å². The number of fused-ring (bicyclic) bond motifs is 3. The molecule has 3 aromatic heterocycles. The molecule has 3 atom stereocenters. The van der Waals surface area contributed by atoms with Gasteiger partial charge in [0.15, 0.2) is 0 Å². The number of aromatic nitrogens is 6. The zero-order chi connectivity index (χ0) is 28.3. The topological polar surface area (TPSA) is 137 Å². The molecule has 3 aliphatic carbocycles. The lowest BCUT2D eigenvalue weighted by Crippen LogP contribution is -2.20. The maximum atomic E-state index is 11.2. The number of nitrogens with zero attached hydrogens (tertiary/aromatic N) is 3. The van der Waals surface area contributed by atoms with Gasteiger partial charge in [0.05, 0.1) is 0 Å². The van der Waals surface area contributed by atoms with Gasteiger partial charge >= 0.3 is 0 Å². The average molecular weight is 870 g/mol. The molecule has 12 heteroatoms. The quantitative estimate of drug-likeness (QED) is 0.313. The predicted octanol–water partition coefficient (Wildman–Crippen LogP) is 5.12. The molecule has 3 heterocycles. The number of ketones is 3. The van der Waals surface area contributed by atoms with E-state index in [1.54, 1.807) is 20.8 Å². The number of carbonyl (C=O) groups excluding carboxylic acids is 3. The average Bonchev–Trinajstić information content (AvgIpc) is 3.61. The van der Waals surface area contributed by atoms with Crippen LogP contribution in [0, 0.1) is 28.9 Å². The normalized spacial score (nSPS) is 21.2. The Balaban J connectivity index is 0.000000136. The lowest BCUT2D eigenvalue weighted by molar-refractivity contribution is -0.121. The smallest absolute Gasteiger partial charge is 0.133 e. The van der Waals surface area contributed by atoms with Gasteiger partial charge < -0.3 is 0 Å². The van der Waals surface area contributed by atoms with E-state index in [0.717, 1.165) is 86.0 Å². The summed E-state index contributed by atoms with van der Waals surface area (Å²) in [6.45, 7) is 5.03. The maximum absolute atomic E-state index is 11.2. The van der Waals surface area contributed by atoms with E-state index < -0.39 is 0 Å². The van der Waals surface area contributed by atoms with Gasteiger partial charge in [-0.1, -0.05) is 0 Å². The number of carbonyl (C=O) groups is 3. The predicted molar refractivity (Wildman–Crippen MR) is 173 cm³/mol. The van der Waals surface area contributed by atoms with E-state index in [1.807, 2.05) is 0 Å². The van der Waals surface area contributed by atoms with Crippen molar-refractivity contribution in [3.05, 3.63) is 44.9 Å². The Labute approximate surface area is 269 Å². The highest BCUT2D eigenvalue weighted by Crippen LogP contribution is 2.29. The minimum atomic E-state index is 0.212. The van der Waals surface area contributed by atoms with Gasteiger partial charge in [0.25, 0.3) is 0 Å². The molecule has 0 aliphatic heterocycles. The van der Waals surface area contributed by atoms with Gasteiger partial charge in [-0.3, -0.25) is 29.7 Å². The van der Waals surface area contributed by atoms with E-state index in [2.05, 4.69) is 98.4 Å². The Morgan fingerprint density at radius 3 is 1.05 bits per heavy atom. The van der Waals surface area contributed by atoms with E-state index in [9.17, 15) is 14.4 Å². The largest absolute Gasteiger partial charge is 0.300 e.